The Hall–Kier alpha value is -1.99. The van der Waals surface area contributed by atoms with Gasteiger partial charge < -0.3 is 15.0 Å². The largest absolute Gasteiger partial charge is 0.381 e. The van der Waals surface area contributed by atoms with Gasteiger partial charge in [-0.3, -0.25) is 4.68 Å². The van der Waals surface area contributed by atoms with Crippen LogP contribution in [-0.2, 0) is 11.8 Å². The molecule has 0 spiro atoms. The fraction of sp³-hybridized carbons (Fsp3) is 0.667. The Labute approximate surface area is 168 Å². The van der Waals surface area contributed by atoms with E-state index in [0.29, 0.717) is 6.04 Å². The van der Waals surface area contributed by atoms with Crippen LogP contribution < -0.4 is 5.32 Å². The molecule has 3 fully saturated rings. The molecule has 7 nitrogen and oxygen atoms in total. The molecule has 0 radical (unpaired) electrons. The number of nitrogens with one attached hydrogen (secondary N) is 1. The minimum Gasteiger partial charge on any atom is -0.381 e. The van der Waals surface area contributed by atoms with Crippen LogP contribution >= 0.6 is 0 Å². The van der Waals surface area contributed by atoms with Gasteiger partial charge >= 0.3 is 0 Å². The summed E-state index contributed by atoms with van der Waals surface area (Å²) in [6.07, 6.45) is 8.76. The monoisotopic (exact) mass is 384 g/mol. The van der Waals surface area contributed by atoms with E-state index in [0.717, 1.165) is 48.0 Å². The van der Waals surface area contributed by atoms with Gasteiger partial charge in [-0.25, -0.2) is 0 Å². The van der Waals surface area contributed by atoms with E-state index in [9.17, 15) is 0 Å². The number of nitrogens with zero attached hydrogens (tertiary/aromatic N) is 5. The second kappa shape index (κ2) is 7.79. The molecule has 28 heavy (non-hydrogen) atoms. The van der Waals surface area contributed by atoms with Gasteiger partial charge in [0.15, 0.2) is 0 Å². The van der Waals surface area contributed by atoms with Gasteiger partial charge in [-0.05, 0) is 55.6 Å². The van der Waals surface area contributed by atoms with Gasteiger partial charge in [0, 0.05) is 59.1 Å². The number of likely N-dealkylation sites (tertiary alicyclic amines) is 1. The molecule has 1 N–H and O–H groups in total. The summed E-state index contributed by atoms with van der Waals surface area (Å²) in [5.74, 6) is 3.40. The summed E-state index contributed by atoms with van der Waals surface area (Å²) in [6, 6.07) is 4.59. The molecule has 2 aromatic rings. The lowest BCUT2D eigenvalue weighted by Crippen LogP contribution is -2.32. The van der Waals surface area contributed by atoms with Crippen molar-refractivity contribution in [1.82, 2.24) is 24.9 Å². The number of hydrogen-bond donors (Lipinski definition) is 1. The smallest absolute Gasteiger partial charge is 0.148 e. The number of aromatic nitrogens is 4. The lowest BCUT2D eigenvalue weighted by Gasteiger charge is -2.27. The fourth-order valence-corrected chi connectivity index (χ4v) is 5.28. The van der Waals surface area contributed by atoms with Gasteiger partial charge in [0.2, 0.25) is 0 Å². The van der Waals surface area contributed by atoms with Crippen LogP contribution in [0.5, 0.6) is 0 Å². The molecular formula is C21H32N6O. The number of aryl methyl sites for hydroxylation is 1. The van der Waals surface area contributed by atoms with Crippen molar-refractivity contribution in [2.45, 2.75) is 31.7 Å². The maximum Gasteiger partial charge on any atom is 0.148 e. The van der Waals surface area contributed by atoms with Crippen molar-refractivity contribution in [3.63, 3.8) is 0 Å². The van der Waals surface area contributed by atoms with Crippen molar-refractivity contribution in [1.29, 1.82) is 0 Å². The predicted molar refractivity (Wildman–Crippen MR) is 110 cm³/mol. The third-order valence-corrected chi connectivity index (χ3v) is 6.70. The van der Waals surface area contributed by atoms with Crippen molar-refractivity contribution in [3.8, 4) is 11.3 Å². The average molecular weight is 385 g/mol. The molecule has 4 heterocycles. The van der Waals surface area contributed by atoms with Crippen LogP contribution in [0.4, 0.5) is 5.82 Å². The first kappa shape index (κ1) is 18.1. The minimum absolute atomic E-state index is 0. The highest BCUT2D eigenvalue weighted by Crippen LogP contribution is 2.39. The third-order valence-electron chi connectivity index (χ3n) is 6.70. The first-order valence-corrected chi connectivity index (χ1v) is 10.6. The number of rotatable bonds is 5. The molecule has 2 saturated heterocycles. The Balaban J connectivity index is 0.00000205. The summed E-state index contributed by atoms with van der Waals surface area (Å²) in [6.45, 7) is 5.73. The number of fused-ring (bicyclic) bond motifs is 1. The summed E-state index contributed by atoms with van der Waals surface area (Å²) in [7, 11) is 1.91. The zero-order chi connectivity index (χ0) is 18.9. The second-order valence-electron chi connectivity index (χ2n) is 8.81. The van der Waals surface area contributed by atoms with Gasteiger partial charge in [-0.2, -0.15) is 5.10 Å². The van der Waals surface area contributed by atoms with Gasteiger partial charge in [0.1, 0.15) is 5.82 Å². The van der Waals surface area contributed by atoms with Crippen molar-refractivity contribution < 1.29 is 6.16 Å². The first-order chi connectivity index (χ1) is 13.7. The average Bonchev–Trinajstić information content (AvgIpc) is 3.38. The summed E-state index contributed by atoms with van der Waals surface area (Å²) in [5.41, 5.74) is 1.87. The zero-order valence-electron chi connectivity index (χ0n) is 16.6. The fourth-order valence-electron chi connectivity index (χ4n) is 5.28. The minimum atomic E-state index is 0. The normalized spacial score (nSPS) is 28.5. The molecule has 2 aliphatic heterocycles. The highest BCUT2D eigenvalue weighted by atomic mass is 16.5. The summed E-state index contributed by atoms with van der Waals surface area (Å²) in [4.78, 5) is 2.71. The van der Waals surface area contributed by atoms with Crippen LogP contribution in [0.2, 0.25) is 0 Å². The zero-order valence-corrected chi connectivity index (χ0v) is 16.6. The lowest BCUT2D eigenvalue weighted by atomic mass is 10.00. The molecule has 3 aliphatic rings. The topological polar surface area (TPSA) is 68.1 Å². The van der Waals surface area contributed by atoms with E-state index >= 15 is 0 Å². The molecular weight excluding hydrogens is 352 g/mol. The SMILES string of the molecule is Cn1cc(-c2ccc(NC3C[C@@H]4CN(CC5CCOCC5)C[C@@H]4C3)nn2)cn1.[HH]. The number of hydrogen-bond acceptors (Lipinski definition) is 6. The summed E-state index contributed by atoms with van der Waals surface area (Å²) in [5, 5.41) is 16.6. The van der Waals surface area contributed by atoms with E-state index in [1.807, 2.05) is 31.6 Å². The van der Waals surface area contributed by atoms with Crippen LogP contribution in [0.25, 0.3) is 11.3 Å². The highest BCUT2D eigenvalue weighted by Gasteiger charge is 2.41. The van der Waals surface area contributed by atoms with Gasteiger partial charge in [0.25, 0.3) is 0 Å². The molecule has 1 aliphatic carbocycles. The number of anilines is 1. The van der Waals surface area contributed by atoms with E-state index < -0.39 is 0 Å². The van der Waals surface area contributed by atoms with E-state index in [1.165, 1.54) is 45.3 Å². The van der Waals surface area contributed by atoms with E-state index in [1.54, 1.807) is 4.68 Å². The van der Waals surface area contributed by atoms with Crippen molar-refractivity contribution in [2.75, 3.05) is 38.2 Å². The summed E-state index contributed by atoms with van der Waals surface area (Å²) >= 11 is 0. The Morgan fingerprint density at radius 2 is 1.93 bits per heavy atom. The van der Waals surface area contributed by atoms with E-state index in [2.05, 4.69) is 25.5 Å². The standard InChI is InChI=1S/C21H30N6O.H2/c1-26-12-18(10-22-26)20-2-3-21(25-24-20)23-19-8-16-13-27(14-17(16)9-19)11-15-4-6-28-7-5-15;/h2-3,10,12,15-17,19H,4-9,11,13-14H2,1H3,(H,23,25);1H/t16-,17+,19?;. The summed E-state index contributed by atoms with van der Waals surface area (Å²) < 4.78 is 7.28. The molecule has 0 amide bonds. The Morgan fingerprint density at radius 1 is 1.14 bits per heavy atom. The maximum atomic E-state index is 5.50. The van der Waals surface area contributed by atoms with Gasteiger partial charge in [-0.1, -0.05) is 0 Å². The van der Waals surface area contributed by atoms with Crippen LogP contribution in [0.1, 0.15) is 27.1 Å². The Kier molecular flexibility index (Phi) is 5.03. The van der Waals surface area contributed by atoms with Crippen LogP contribution in [-0.4, -0.2) is 63.8 Å². The lowest BCUT2D eigenvalue weighted by molar-refractivity contribution is 0.0545. The quantitative estimate of drug-likeness (QED) is 0.855. The maximum absolute atomic E-state index is 5.50. The molecule has 3 atom stereocenters. The van der Waals surface area contributed by atoms with Crippen molar-refractivity contribution in [3.05, 3.63) is 24.5 Å². The van der Waals surface area contributed by atoms with Crippen molar-refractivity contribution in [2.24, 2.45) is 24.8 Å². The van der Waals surface area contributed by atoms with Crippen LogP contribution in [0.3, 0.4) is 0 Å². The molecule has 1 saturated carbocycles. The van der Waals surface area contributed by atoms with Crippen LogP contribution in [0, 0.1) is 17.8 Å². The van der Waals surface area contributed by atoms with E-state index in [-0.39, 0.29) is 1.43 Å². The molecule has 7 heteroatoms. The second-order valence-corrected chi connectivity index (χ2v) is 8.81. The Morgan fingerprint density at radius 3 is 2.57 bits per heavy atom. The molecule has 5 rings (SSSR count). The predicted octanol–water partition coefficient (Wildman–Crippen LogP) is 2.67. The molecule has 0 aromatic carbocycles. The molecule has 2 aromatic heterocycles. The number of ether oxygens (including phenoxy) is 1. The Bertz CT molecular complexity index is 777. The molecule has 152 valence electrons. The highest BCUT2D eigenvalue weighted by molar-refractivity contribution is 5.57. The first-order valence-electron chi connectivity index (χ1n) is 10.6. The molecule has 1 unspecified atom stereocenters. The third kappa shape index (κ3) is 3.91. The van der Waals surface area contributed by atoms with Crippen molar-refractivity contribution >= 4 is 5.82 Å². The van der Waals surface area contributed by atoms with Gasteiger partial charge in [-0.15, -0.1) is 10.2 Å². The van der Waals surface area contributed by atoms with E-state index in [4.69, 9.17) is 4.74 Å². The van der Waals surface area contributed by atoms with Crippen LogP contribution in [0.15, 0.2) is 24.5 Å². The molecule has 0 bridgehead atoms. The van der Waals surface area contributed by atoms with Gasteiger partial charge in [0.05, 0.1) is 11.9 Å².